The molecular weight excluding hydrogens is 392 g/mol. The molecule has 4 nitrogen and oxygen atoms in total. The van der Waals surface area contributed by atoms with Crippen molar-refractivity contribution in [1.29, 1.82) is 0 Å². The molecule has 4 saturated carbocycles. The molecule has 0 aliphatic heterocycles. The van der Waals surface area contributed by atoms with E-state index in [2.05, 4.69) is 26.6 Å². The van der Waals surface area contributed by atoms with Crippen molar-refractivity contribution in [3.63, 3.8) is 0 Å². The van der Waals surface area contributed by atoms with Crippen molar-refractivity contribution >= 4 is 33.4 Å². The van der Waals surface area contributed by atoms with E-state index in [0.29, 0.717) is 24.2 Å². The molecular formula is C21H27BrN2O2. The molecule has 4 fully saturated rings. The Bertz CT molecular complexity index is 718. The van der Waals surface area contributed by atoms with Crippen LogP contribution in [0.1, 0.15) is 62.2 Å². The summed E-state index contributed by atoms with van der Waals surface area (Å²) < 4.78 is 0.273. The van der Waals surface area contributed by atoms with Crippen molar-refractivity contribution in [2.45, 2.75) is 56.2 Å². The molecule has 4 aliphatic carbocycles. The second kappa shape index (κ2) is 6.66. The summed E-state index contributed by atoms with van der Waals surface area (Å²) in [7, 11) is 0. The molecule has 0 saturated heterocycles. The lowest BCUT2D eigenvalue weighted by atomic mass is 9.48. The first-order valence-corrected chi connectivity index (χ1v) is 10.6. The first kappa shape index (κ1) is 18.0. The van der Waals surface area contributed by atoms with E-state index >= 15 is 0 Å². The summed E-state index contributed by atoms with van der Waals surface area (Å²) in [5.74, 6) is 1.54. The second-order valence-corrected chi connectivity index (χ2v) is 10.5. The van der Waals surface area contributed by atoms with Crippen molar-refractivity contribution in [1.82, 2.24) is 5.32 Å². The molecule has 1 aromatic rings. The zero-order valence-corrected chi connectivity index (χ0v) is 16.9. The smallest absolute Gasteiger partial charge is 0.251 e. The van der Waals surface area contributed by atoms with Crippen LogP contribution in [-0.2, 0) is 4.79 Å². The molecule has 4 bridgehead atoms. The highest BCUT2D eigenvalue weighted by Crippen LogP contribution is 2.65. The number of halogens is 1. The third kappa shape index (κ3) is 3.55. The monoisotopic (exact) mass is 418 g/mol. The maximum Gasteiger partial charge on any atom is 0.251 e. The number of hydrogen-bond acceptors (Lipinski definition) is 2. The Morgan fingerprint density at radius 3 is 2.58 bits per heavy atom. The summed E-state index contributed by atoms with van der Waals surface area (Å²) in [6.45, 7) is 2.49. The molecule has 4 atom stereocenters. The van der Waals surface area contributed by atoms with Gasteiger partial charge in [-0.2, -0.15) is 0 Å². The predicted molar refractivity (Wildman–Crippen MR) is 106 cm³/mol. The van der Waals surface area contributed by atoms with E-state index in [1.165, 1.54) is 32.1 Å². The van der Waals surface area contributed by atoms with E-state index in [1.54, 1.807) is 12.1 Å². The first-order chi connectivity index (χ1) is 12.4. The fraction of sp³-hybridized carbons (Fsp3) is 0.619. The summed E-state index contributed by atoms with van der Waals surface area (Å²) in [6, 6.07) is 7.20. The minimum absolute atomic E-state index is 0.0797. The lowest BCUT2D eigenvalue weighted by Crippen LogP contribution is -2.53. The predicted octanol–water partition coefficient (Wildman–Crippen LogP) is 4.50. The molecule has 1 aromatic carbocycles. The van der Waals surface area contributed by atoms with E-state index in [9.17, 15) is 9.59 Å². The minimum atomic E-state index is -0.106. The quantitative estimate of drug-likeness (QED) is 0.691. The van der Waals surface area contributed by atoms with Crippen LogP contribution in [0, 0.1) is 17.3 Å². The molecule has 5 heteroatoms. The van der Waals surface area contributed by atoms with Gasteiger partial charge in [0.1, 0.15) is 0 Å². The third-order valence-electron chi connectivity index (χ3n) is 6.39. The fourth-order valence-corrected chi connectivity index (χ4v) is 7.60. The number of benzene rings is 1. The molecule has 140 valence electrons. The summed E-state index contributed by atoms with van der Waals surface area (Å²) in [4.78, 5) is 24.8. The van der Waals surface area contributed by atoms with Crippen LogP contribution >= 0.6 is 15.9 Å². The van der Waals surface area contributed by atoms with E-state index in [1.807, 2.05) is 19.1 Å². The van der Waals surface area contributed by atoms with Gasteiger partial charge in [-0.15, -0.1) is 0 Å². The van der Waals surface area contributed by atoms with E-state index in [4.69, 9.17) is 0 Å². The highest BCUT2D eigenvalue weighted by atomic mass is 79.9. The lowest BCUT2D eigenvalue weighted by molar-refractivity contribution is -0.123. The lowest BCUT2D eigenvalue weighted by Gasteiger charge is -2.60. The summed E-state index contributed by atoms with van der Waals surface area (Å²) in [6.07, 6.45) is 8.03. The maximum absolute atomic E-state index is 12.8. The molecule has 0 radical (unpaired) electrons. The Labute approximate surface area is 163 Å². The van der Waals surface area contributed by atoms with Gasteiger partial charge in [-0.05, 0) is 80.9 Å². The second-order valence-electron chi connectivity index (χ2n) is 8.78. The number of hydrogen-bond donors (Lipinski definition) is 2. The zero-order valence-electron chi connectivity index (χ0n) is 15.3. The van der Waals surface area contributed by atoms with Gasteiger partial charge in [0.25, 0.3) is 5.91 Å². The summed E-state index contributed by atoms with van der Waals surface area (Å²) in [5, 5.41) is 5.83. The van der Waals surface area contributed by atoms with E-state index in [-0.39, 0.29) is 21.6 Å². The van der Waals surface area contributed by atoms with Crippen LogP contribution in [0.2, 0.25) is 0 Å². The first-order valence-electron chi connectivity index (χ1n) is 9.76. The highest BCUT2D eigenvalue weighted by molar-refractivity contribution is 9.10. The van der Waals surface area contributed by atoms with Crippen LogP contribution in [0.4, 0.5) is 5.69 Å². The number of carbonyl (C=O) groups excluding carboxylic acids is 2. The van der Waals surface area contributed by atoms with Crippen molar-refractivity contribution in [2.75, 3.05) is 11.9 Å². The van der Waals surface area contributed by atoms with Crippen molar-refractivity contribution in [3.05, 3.63) is 29.8 Å². The van der Waals surface area contributed by atoms with Crippen LogP contribution in [0.5, 0.6) is 0 Å². The largest absolute Gasteiger partial charge is 0.352 e. The van der Waals surface area contributed by atoms with Gasteiger partial charge in [-0.3, -0.25) is 9.59 Å². The Morgan fingerprint density at radius 1 is 1.19 bits per heavy atom. The van der Waals surface area contributed by atoms with Gasteiger partial charge in [0.15, 0.2) is 0 Å². The zero-order chi connectivity index (χ0) is 18.4. The molecule has 2 unspecified atom stereocenters. The maximum atomic E-state index is 12.8. The van der Waals surface area contributed by atoms with Crippen LogP contribution < -0.4 is 10.6 Å². The number of amides is 2. The molecule has 2 N–H and O–H groups in total. The SMILES string of the molecule is CCNC(=O)c1cccc(NC(=O)CC23C[C@@H]4C[C@@H](CC(Br)(C4)C2)C3)c1. The molecule has 0 spiro atoms. The molecule has 4 aliphatic rings. The molecule has 2 amide bonds. The average Bonchev–Trinajstić information content (AvgIpc) is 2.52. The van der Waals surface area contributed by atoms with Crippen LogP contribution in [0.3, 0.4) is 0 Å². The minimum Gasteiger partial charge on any atom is -0.352 e. The normalized spacial score (nSPS) is 34.5. The number of nitrogens with one attached hydrogen (secondary N) is 2. The number of anilines is 1. The van der Waals surface area contributed by atoms with Gasteiger partial charge in [0, 0.05) is 28.5 Å². The molecule has 5 rings (SSSR count). The van der Waals surface area contributed by atoms with Crippen LogP contribution in [0.25, 0.3) is 0 Å². The Morgan fingerprint density at radius 2 is 1.92 bits per heavy atom. The summed E-state index contributed by atoms with van der Waals surface area (Å²) >= 11 is 4.01. The Hall–Kier alpha value is -1.36. The van der Waals surface area contributed by atoms with Gasteiger partial charge in [0.2, 0.25) is 5.91 Å². The number of rotatable bonds is 5. The Balaban J connectivity index is 1.43. The van der Waals surface area contributed by atoms with Crippen LogP contribution in [-0.4, -0.2) is 22.7 Å². The van der Waals surface area contributed by atoms with Gasteiger partial charge < -0.3 is 10.6 Å². The van der Waals surface area contributed by atoms with Gasteiger partial charge >= 0.3 is 0 Å². The van der Waals surface area contributed by atoms with E-state index in [0.717, 1.165) is 18.3 Å². The highest BCUT2D eigenvalue weighted by Gasteiger charge is 2.57. The van der Waals surface area contributed by atoms with Crippen molar-refractivity contribution in [3.8, 4) is 0 Å². The van der Waals surface area contributed by atoms with Gasteiger partial charge in [-0.1, -0.05) is 22.0 Å². The number of alkyl halides is 1. The van der Waals surface area contributed by atoms with Crippen molar-refractivity contribution in [2.24, 2.45) is 17.3 Å². The molecule has 0 aromatic heterocycles. The third-order valence-corrected chi connectivity index (χ3v) is 7.32. The van der Waals surface area contributed by atoms with Crippen molar-refractivity contribution < 1.29 is 9.59 Å². The van der Waals surface area contributed by atoms with Gasteiger partial charge in [0.05, 0.1) is 0 Å². The Kier molecular flexibility index (Phi) is 4.62. The topological polar surface area (TPSA) is 58.2 Å². The average molecular weight is 419 g/mol. The molecule has 0 heterocycles. The number of carbonyl (C=O) groups is 2. The summed E-state index contributed by atoms with van der Waals surface area (Å²) in [5.41, 5.74) is 1.45. The molecule has 26 heavy (non-hydrogen) atoms. The fourth-order valence-electron chi connectivity index (χ4n) is 6.09. The van der Waals surface area contributed by atoms with Crippen LogP contribution in [0.15, 0.2) is 24.3 Å². The van der Waals surface area contributed by atoms with Gasteiger partial charge in [-0.25, -0.2) is 0 Å². The standard InChI is InChI=1S/C21H27BrN2O2/c1-2-23-19(26)16-4-3-5-17(7-16)24-18(25)12-20-8-14-6-15(9-20)11-21(22,10-14)13-20/h3-5,7,14-15H,2,6,8-13H2,1H3,(H,23,26)(H,24,25)/t14-,15+,20?,21?. The van der Waals surface area contributed by atoms with E-state index < -0.39 is 0 Å².